The Labute approximate surface area is 251 Å². The lowest BCUT2D eigenvalue weighted by atomic mass is 10.0. The zero-order valence-electron chi connectivity index (χ0n) is 21.5. The summed E-state index contributed by atoms with van der Waals surface area (Å²) in [7, 11) is 0. The molecule has 0 aliphatic carbocycles. The van der Waals surface area contributed by atoms with Crippen molar-refractivity contribution in [2.45, 2.75) is 13.1 Å². The van der Waals surface area contributed by atoms with Gasteiger partial charge in [-0.15, -0.1) is 11.3 Å². The third-order valence-electron chi connectivity index (χ3n) is 6.13. The van der Waals surface area contributed by atoms with E-state index in [1.165, 1.54) is 45.2 Å². The van der Waals surface area contributed by atoms with E-state index < -0.39 is 11.3 Å². The summed E-state index contributed by atoms with van der Waals surface area (Å²) in [6, 6.07) is 13.8. The number of anilines is 1. The predicted octanol–water partition coefficient (Wildman–Crippen LogP) is 4.92. The summed E-state index contributed by atoms with van der Waals surface area (Å²) >= 11 is 8.68. The van der Waals surface area contributed by atoms with Gasteiger partial charge in [0.25, 0.3) is 11.5 Å². The lowest BCUT2D eigenvalue weighted by Crippen LogP contribution is -2.25. The molecule has 0 saturated heterocycles. The predicted molar refractivity (Wildman–Crippen MR) is 160 cm³/mol. The maximum atomic E-state index is 13.4. The van der Waals surface area contributed by atoms with Crippen molar-refractivity contribution < 1.29 is 9.59 Å². The molecule has 6 rings (SSSR count). The molecule has 0 atom stereocenters. The molecule has 0 spiro atoms. The van der Waals surface area contributed by atoms with Gasteiger partial charge in [-0.25, -0.2) is 14.3 Å². The van der Waals surface area contributed by atoms with Gasteiger partial charge in [0.1, 0.15) is 5.82 Å². The molecule has 14 heteroatoms. The summed E-state index contributed by atoms with van der Waals surface area (Å²) in [4.78, 5) is 52.9. The maximum absolute atomic E-state index is 13.4. The molecule has 6 aromatic rings. The van der Waals surface area contributed by atoms with Crippen LogP contribution in [0.4, 0.5) is 5.82 Å². The summed E-state index contributed by atoms with van der Waals surface area (Å²) in [5.41, 5.74) is 1.85. The molecule has 0 bridgehead atoms. The van der Waals surface area contributed by atoms with Crippen LogP contribution in [-0.4, -0.2) is 45.4 Å². The largest absolute Gasteiger partial charge is 0.365 e. The van der Waals surface area contributed by atoms with Gasteiger partial charge in [0.05, 0.1) is 40.6 Å². The Balaban J connectivity index is 1.46. The summed E-state index contributed by atoms with van der Waals surface area (Å²) in [5, 5.41) is 9.57. The van der Waals surface area contributed by atoms with Crippen molar-refractivity contribution in [2.75, 3.05) is 5.32 Å². The highest BCUT2D eigenvalue weighted by Crippen LogP contribution is 2.32. The number of nitrogens with one attached hydrogen (secondary N) is 1. The van der Waals surface area contributed by atoms with Gasteiger partial charge in [0.2, 0.25) is 5.78 Å². The third-order valence-corrected chi connectivity index (χ3v) is 7.94. The molecule has 0 aliphatic heterocycles. The first-order chi connectivity index (χ1) is 20.5. The van der Waals surface area contributed by atoms with Crippen LogP contribution < -0.4 is 10.9 Å². The third kappa shape index (κ3) is 5.79. The highest BCUT2D eigenvalue weighted by atomic mass is 35.5. The van der Waals surface area contributed by atoms with E-state index in [0.717, 1.165) is 16.4 Å². The van der Waals surface area contributed by atoms with Crippen LogP contribution in [0.25, 0.3) is 22.5 Å². The van der Waals surface area contributed by atoms with Crippen LogP contribution in [0.15, 0.2) is 89.7 Å². The number of carbonyl (C=O) groups is 2. The van der Waals surface area contributed by atoms with Gasteiger partial charge in [-0.05, 0) is 41.9 Å². The fraction of sp³-hybridized carbons (Fsp3) is 0.0714. The summed E-state index contributed by atoms with van der Waals surface area (Å²) in [6.07, 6.45) is 7.56. The molecule has 0 aromatic carbocycles. The number of hydrogen-bond donors (Lipinski definition) is 1. The normalized spacial score (nSPS) is 11.0. The first kappa shape index (κ1) is 27.3. The second-order valence-electron chi connectivity index (χ2n) is 8.88. The van der Waals surface area contributed by atoms with Crippen LogP contribution in [0, 0.1) is 0 Å². The molecule has 208 valence electrons. The number of pyridine rings is 2. The molecular formula is C28H19ClN8O3S2. The summed E-state index contributed by atoms with van der Waals surface area (Å²) < 4.78 is 7.22. The number of carbonyl (C=O) groups excluding carboxylic acids is 2. The Morgan fingerprint density at radius 1 is 0.952 bits per heavy atom. The van der Waals surface area contributed by atoms with Crippen LogP contribution in [0.5, 0.6) is 0 Å². The summed E-state index contributed by atoms with van der Waals surface area (Å²) in [5.74, 6) is -0.397. The van der Waals surface area contributed by atoms with Crippen molar-refractivity contribution in [3.8, 4) is 22.5 Å². The van der Waals surface area contributed by atoms with E-state index in [0.29, 0.717) is 44.8 Å². The van der Waals surface area contributed by atoms with Gasteiger partial charge in [-0.3, -0.25) is 19.4 Å². The molecule has 6 heterocycles. The van der Waals surface area contributed by atoms with Crippen LogP contribution >= 0.6 is 34.5 Å². The van der Waals surface area contributed by atoms with Crippen LogP contribution in [0.2, 0.25) is 4.34 Å². The Bertz CT molecular complexity index is 1940. The Hall–Kier alpha value is -4.85. The first-order valence-electron chi connectivity index (χ1n) is 12.4. The smallest absolute Gasteiger partial charge is 0.282 e. The van der Waals surface area contributed by atoms with E-state index in [-0.39, 0.29) is 18.3 Å². The number of hydrogen-bond acceptors (Lipinski definition) is 11. The topological polar surface area (TPSA) is 138 Å². The highest BCUT2D eigenvalue weighted by Gasteiger charge is 2.22. The second kappa shape index (κ2) is 11.9. The van der Waals surface area contributed by atoms with Crippen molar-refractivity contribution in [3.05, 3.63) is 116 Å². The van der Waals surface area contributed by atoms with Crippen LogP contribution in [0.3, 0.4) is 0 Å². The molecule has 0 aliphatic rings. The van der Waals surface area contributed by atoms with Gasteiger partial charge in [-0.2, -0.15) is 9.78 Å². The Morgan fingerprint density at radius 3 is 2.50 bits per heavy atom. The minimum Gasteiger partial charge on any atom is -0.365 e. The van der Waals surface area contributed by atoms with Crippen LogP contribution in [0.1, 0.15) is 25.9 Å². The molecule has 0 saturated carbocycles. The average molecular weight is 615 g/mol. The van der Waals surface area contributed by atoms with Crippen molar-refractivity contribution in [1.29, 1.82) is 0 Å². The van der Waals surface area contributed by atoms with Gasteiger partial charge in [-0.1, -0.05) is 17.7 Å². The van der Waals surface area contributed by atoms with E-state index in [2.05, 4.69) is 29.7 Å². The molecule has 0 amide bonds. The lowest BCUT2D eigenvalue weighted by molar-refractivity contribution is 0.0944. The van der Waals surface area contributed by atoms with Crippen molar-refractivity contribution in [2.24, 2.45) is 0 Å². The monoisotopic (exact) mass is 614 g/mol. The maximum Gasteiger partial charge on any atom is 0.282 e. The molecular weight excluding hydrogens is 596 g/mol. The van der Waals surface area contributed by atoms with Gasteiger partial charge in [0.15, 0.2) is 5.82 Å². The molecule has 1 N–H and O–H groups in total. The van der Waals surface area contributed by atoms with Crippen molar-refractivity contribution >= 4 is 52.0 Å². The SMILES string of the molecule is O=C(Cn1cc(-c2cc(NCc3ccc(Cl)s3)n(C(=O)c3cnsc3)n2)c(-c2ccccn2)cc1=O)c1ncccn1. The second-order valence-corrected chi connectivity index (χ2v) is 11.3. The fourth-order valence-electron chi connectivity index (χ4n) is 4.15. The number of aromatic nitrogens is 7. The Kier molecular flexibility index (Phi) is 7.77. The number of nitrogens with zero attached hydrogens (tertiary/aromatic N) is 7. The minimum atomic E-state index is -0.433. The van der Waals surface area contributed by atoms with Crippen molar-refractivity contribution in [3.63, 3.8) is 0 Å². The number of halogens is 1. The van der Waals surface area contributed by atoms with Crippen molar-refractivity contribution in [1.82, 2.24) is 33.7 Å². The number of rotatable bonds is 9. The molecule has 6 aromatic heterocycles. The lowest BCUT2D eigenvalue weighted by Gasteiger charge is -2.11. The highest BCUT2D eigenvalue weighted by molar-refractivity contribution is 7.16. The number of ketones is 1. The molecule has 42 heavy (non-hydrogen) atoms. The molecule has 0 fully saturated rings. The fourth-order valence-corrected chi connectivity index (χ4v) is 5.69. The first-order valence-corrected chi connectivity index (χ1v) is 14.5. The zero-order chi connectivity index (χ0) is 29.1. The number of thiophene rings is 1. The van der Waals surface area contributed by atoms with E-state index in [1.54, 1.807) is 54.2 Å². The minimum absolute atomic E-state index is 0.000772. The quantitative estimate of drug-likeness (QED) is 0.225. The molecule has 0 radical (unpaired) electrons. The molecule has 11 nitrogen and oxygen atoms in total. The standard InChI is InChI=1S/C28H19ClN8O3S2/c29-24-6-5-18(42-24)13-33-25-11-22(35-37(25)28(40)17-12-34-41-16-17)20-14-36(15-23(38)27-31-8-3-9-32-27)26(39)10-19(20)21-4-1-2-7-30-21/h1-12,14,16,33H,13,15H2. The summed E-state index contributed by atoms with van der Waals surface area (Å²) in [6.45, 7) is 0.110. The van der Waals surface area contributed by atoms with Crippen LogP contribution in [-0.2, 0) is 13.1 Å². The van der Waals surface area contributed by atoms with E-state index in [1.807, 2.05) is 6.07 Å². The zero-order valence-corrected chi connectivity index (χ0v) is 23.9. The van der Waals surface area contributed by atoms with Gasteiger partial charge in [0, 0.05) is 58.3 Å². The van der Waals surface area contributed by atoms with E-state index >= 15 is 0 Å². The van der Waals surface area contributed by atoms with E-state index in [4.69, 9.17) is 11.6 Å². The average Bonchev–Trinajstić information content (AvgIpc) is 3.79. The Morgan fingerprint density at radius 2 is 1.79 bits per heavy atom. The van der Waals surface area contributed by atoms with E-state index in [9.17, 15) is 14.4 Å². The van der Waals surface area contributed by atoms with Gasteiger partial charge >= 0.3 is 0 Å². The van der Waals surface area contributed by atoms with Gasteiger partial charge < -0.3 is 9.88 Å². The number of Topliss-reactive ketones (excluding diaryl/α,β-unsaturated/α-hetero) is 1. The molecule has 0 unspecified atom stereocenters.